The molecule has 0 aromatic heterocycles. The van der Waals surface area contributed by atoms with Gasteiger partial charge in [0.05, 0.1) is 9.79 Å². The van der Waals surface area contributed by atoms with Crippen LogP contribution >= 0.6 is 20.4 Å². The Morgan fingerprint density at radius 1 is 0.821 bits per heavy atom. The van der Waals surface area contributed by atoms with Crippen LogP contribution in [0.5, 0.6) is 0 Å². The molecule has 0 fully saturated rings. The molecule has 1 aliphatic heterocycles. The van der Waals surface area contributed by atoms with Crippen molar-refractivity contribution in [2.24, 2.45) is 0 Å². The standard InChI is InChI=1S/C18H15ClO6S3/c1-12-8-17(13-4-2-6-15(10-13)27(20,21)22)26(19)18(9-12)14-5-3-7-16(11-14)28(23,24)25/h2-11H,1H3,(H,20,21,22)(H,23,24,25). The van der Waals surface area contributed by atoms with Gasteiger partial charge in [0.25, 0.3) is 20.2 Å². The highest BCUT2D eigenvalue weighted by molar-refractivity contribution is 8.42. The Hall–Kier alpha value is -1.75. The summed E-state index contributed by atoms with van der Waals surface area (Å²) in [4.78, 5) is 0.752. The second kappa shape index (κ2) is 7.58. The van der Waals surface area contributed by atoms with Gasteiger partial charge in [0.15, 0.2) is 0 Å². The van der Waals surface area contributed by atoms with Crippen molar-refractivity contribution in [1.29, 1.82) is 0 Å². The molecule has 2 N–H and O–H groups in total. The minimum Gasteiger partial charge on any atom is -0.282 e. The first-order valence-corrected chi connectivity index (χ1v) is 12.7. The van der Waals surface area contributed by atoms with E-state index in [1.807, 2.05) is 6.92 Å². The minimum atomic E-state index is -4.37. The monoisotopic (exact) mass is 458 g/mol. The Bertz CT molecular complexity index is 1270. The molecule has 1 atom stereocenters. The van der Waals surface area contributed by atoms with Crippen molar-refractivity contribution in [1.82, 2.24) is 0 Å². The van der Waals surface area contributed by atoms with Gasteiger partial charge in [-0.25, -0.2) is 0 Å². The van der Waals surface area contributed by atoms with Gasteiger partial charge in [-0.05, 0) is 70.7 Å². The molecule has 0 saturated carbocycles. The van der Waals surface area contributed by atoms with Crippen LogP contribution in [-0.4, -0.2) is 30.8 Å². The number of hydrogen-bond acceptors (Lipinski definition) is 4. The highest BCUT2D eigenvalue weighted by Crippen LogP contribution is 2.44. The molecule has 1 aliphatic rings. The van der Waals surface area contributed by atoms with E-state index >= 15 is 0 Å². The maximum atomic E-state index is 11.4. The summed E-state index contributed by atoms with van der Waals surface area (Å²) in [7, 11) is -3.10. The van der Waals surface area contributed by atoms with E-state index < -0.39 is 29.9 Å². The molecule has 0 saturated heterocycles. The van der Waals surface area contributed by atoms with E-state index in [9.17, 15) is 25.9 Å². The Labute approximate surface area is 170 Å². The summed E-state index contributed by atoms with van der Waals surface area (Å²) < 4.78 is 64.3. The van der Waals surface area contributed by atoms with Crippen LogP contribution in [0.15, 0.2) is 76.0 Å². The van der Waals surface area contributed by atoms with E-state index in [1.54, 1.807) is 24.3 Å². The molecule has 1 unspecified atom stereocenters. The molecule has 148 valence electrons. The molecule has 10 heteroatoms. The maximum absolute atomic E-state index is 11.4. The number of allylic oxidation sites excluding steroid dienone is 3. The van der Waals surface area contributed by atoms with Crippen molar-refractivity contribution in [2.75, 3.05) is 0 Å². The fraction of sp³-hybridized carbons (Fsp3) is 0.0556. The van der Waals surface area contributed by atoms with Crippen molar-refractivity contribution < 1.29 is 25.9 Å². The molecule has 1 heterocycles. The van der Waals surface area contributed by atoms with Gasteiger partial charge in [-0.15, -0.1) is 0 Å². The zero-order valence-electron chi connectivity index (χ0n) is 14.4. The molecular formula is C18H15ClO6S3. The Kier molecular flexibility index (Phi) is 5.68. The number of rotatable bonds is 4. The van der Waals surface area contributed by atoms with Gasteiger partial charge in [-0.3, -0.25) is 9.11 Å². The fourth-order valence-electron chi connectivity index (χ4n) is 2.67. The molecule has 0 radical (unpaired) electrons. The molecule has 0 aliphatic carbocycles. The fourth-order valence-corrected chi connectivity index (χ4v) is 6.01. The molecule has 0 amide bonds. The van der Waals surface area contributed by atoms with Crippen LogP contribution < -0.4 is 0 Å². The quantitative estimate of drug-likeness (QED) is 0.526. The maximum Gasteiger partial charge on any atom is 0.294 e. The van der Waals surface area contributed by atoms with E-state index in [1.165, 1.54) is 36.4 Å². The lowest BCUT2D eigenvalue weighted by molar-refractivity contribution is 0.481. The second-order valence-electron chi connectivity index (χ2n) is 6.02. The van der Waals surface area contributed by atoms with Gasteiger partial charge >= 0.3 is 0 Å². The van der Waals surface area contributed by atoms with Crippen LogP contribution in [0.3, 0.4) is 0 Å². The van der Waals surface area contributed by atoms with Crippen molar-refractivity contribution in [2.45, 2.75) is 16.7 Å². The van der Waals surface area contributed by atoms with Crippen molar-refractivity contribution in [3.63, 3.8) is 0 Å². The Balaban J connectivity index is 2.17. The van der Waals surface area contributed by atoms with Crippen LogP contribution in [0.4, 0.5) is 0 Å². The summed E-state index contributed by atoms with van der Waals surface area (Å²) in [6.07, 6.45) is 3.60. The molecule has 3 rings (SSSR count). The smallest absolute Gasteiger partial charge is 0.282 e. The SMILES string of the molecule is CC1=CC(c2cccc(S(=O)(=O)O)c2)=S(Cl)C(c2cccc(S(=O)(=O)O)c2)=C1. The van der Waals surface area contributed by atoms with Crippen LogP contribution in [0.2, 0.25) is 0 Å². The first-order valence-electron chi connectivity index (χ1n) is 7.80. The zero-order chi connectivity index (χ0) is 20.7. The molecule has 2 aromatic rings. The lowest BCUT2D eigenvalue weighted by Crippen LogP contribution is -2.05. The number of hydrogen-bond donors (Lipinski definition) is 2. The molecule has 28 heavy (non-hydrogen) atoms. The summed E-state index contributed by atoms with van der Waals surface area (Å²) in [5, 5.41) is 0. The third-order valence-corrected chi connectivity index (χ3v) is 8.11. The van der Waals surface area contributed by atoms with Crippen molar-refractivity contribution in [3.8, 4) is 0 Å². The predicted octanol–water partition coefficient (Wildman–Crippen LogP) is 4.12. The number of benzene rings is 2. The summed E-state index contributed by atoms with van der Waals surface area (Å²) in [5.74, 6) is 0. The highest BCUT2D eigenvalue weighted by atomic mass is 35.7. The van der Waals surface area contributed by atoms with Gasteiger partial charge in [0.1, 0.15) is 0 Å². The van der Waals surface area contributed by atoms with E-state index in [-0.39, 0.29) is 9.79 Å². The summed E-state index contributed by atoms with van der Waals surface area (Å²) in [5.41, 5.74) is 1.86. The van der Waals surface area contributed by atoms with Gasteiger partial charge in [0.2, 0.25) is 0 Å². The van der Waals surface area contributed by atoms with Gasteiger partial charge in [-0.1, -0.05) is 34.0 Å². The third kappa shape index (κ3) is 4.45. The van der Waals surface area contributed by atoms with E-state index in [2.05, 4.69) is 0 Å². The third-order valence-electron chi connectivity index (χ3n) is 3.94. The summed E-state index contributed by atoms with van der Waals surface area (Å²) in [6.45, 7) is 1.83. The first kappa shape index (κ1) is 21.0. The average molecular weight is 459 g/mol. The summed E-state index contributed by atoms with van der Waals surface area (Å²) >= 11 is 0. The van der Waals surface area contributed by atoms with Gasteiger partial charge < -0.3 is 0 Å². The molecule has 2 aromatic carbocycles. The van der Waals surface area contributed by atoms with Crippen molar-refractivity contribution >= 4 is 50.4 Å². The van der Waals surface area contributed by atoms with Crippen LogP contribution in [0, 0.1) is 0 Å². The van der Waals surface area contributed by atoms with E-state index in [0.717, 1.165) is 5.57 Å². The first-order chi connectivity index (χ1) is 13.0. The van der Waals surface area contributed by atoms with Gasteiger partial charge in [0, 0.05) is 9.77 Å². The van der Waals surface area contributed by atoms with Crippen LogP contribution in [-0.2, 0) is 20.2 Å². The molecule has 0 spiro atoms. The van der Waals surface area contributed by atoms with E-state index in [4.69, 9.17) is 10.7 Å². The Morgan fingerprint density at radius 2 is 1.32 bits per heavy atom. The van der Waals surface area contributed by atoms with Crippen LogP contribution in [0.25, 0.3) is 4.91 Å². The molecule has 6 nitrogen and oxygen atoms in total. The lowest BCUT2D eigenvalue weighted by Gasteiger charge is -2.18. The van der Waals surface area contributed by atoms with Crippen LogP contribution in [0.1, 0.15) is 18.1 Å². The van der Waals surface area contributed by atoms with E-state index in [0.29, 0.717) is 20.9 Å². The second-order valence-corrected chi connectivity index (χ2v) is 11.2. The largest absolute Gasteiger partial charge is 0.294 e. The Morgan fingerprint density at radius 3 is 1.86 bits per heavy atom. The molecular weight excluding hydrogens is 444 g/mol. The molecule has 0 bridgehead atoms. The minimum absolute atomic E-state index is 0.248. The average Bonchev–Trinajstić information content (AvgIpc) is 2.62. The summed E-state index contributed by atoms with van der Waals surface area (Å²) in [6, 6.07) is 11.6. The lowest BCUT2D eigenvalue weighted by atomic mass is 10.1. The number of halogens is 1. The van der Waals surface area contributed by atoms with Gasteiger partial charge in [-0.2, -0.15) is 16.8 Å². The highest BCUT2D eigenvalue weighted by Gasteiger charge is 2.19. The predicted molar refractivity (Wildman–Crippen MR) is 112 cm³/mol. The zero-order valence-corrected chi connectivity index (χ0v) is 17.6. The normalized spacial score (nSPS) is 17.9. The topological polar surface area (TPSA) is 109 Å². The van der Waals surface area contributed by atoms with Crippen molar-refractivity contribution in [3.05, 3.63) is 77.4 Å².